The van der Waals surface area contributed by atoms with Gasteiger partial charge in [0.1, 0.15) is 5.76 Å². The molecule has 0 radical (unpaired) electrons. The molecule has 90 valence electrons. The molecule has 1 heterocycles. The lowest BCUT2D eigenvalue weighted by Crippen LogP contribution is -2.54. The van der Waals surface area contributed by atoms with Crippen LogP contribution in [0.3, 0.4) is 0 Å². The first kappa shape index (κ1) is 13.0. The molecule has 0 saturated heterocycles. The van der Waals surface area contributed by atoms with Crippen molar-refractivity contribution in [3.63, 3.8) is 0 Å². The molecule has 3 heteroatoms. The van der Waals surface area contributed by atoms with Gasteiger partial charge >= 0.3 is 5.97 Å². The summed E-state index contributed by atoms with van der Waals surface area (Å²) in [6, 6.07) is 0. The fraction of sp³-hybridized carbons (Fsp3) is 0.615. The lowest BCUT2D eigenvalue weighted by Gasteiger charge is -2.40. The Morgan fingerprint density at radius 3 is 2.44 bits per heavy atom. The quantitative estimate of drug-likeness (QED) is 0.577. The van der Waals surface area contributed by atoms with Gasteiger partial charge in [-0.15, -0.1) is 0 Å². The average molecular weight is 223 g/mol. The maximum absolute atomic E-state index is 11.5. The van der Waals surface area contributed by atoms with Crippen LogP contribution in [-0.2, 0) is 9.53 Å². The van der Waals surface area contributed by atoms with Crippen molar-refractivity contribution in [3.8, 4) is 0 Å². The molecule has 0 spiro atoms. The highest BCUT2D eigenvalue weighted by atomic mass is 16.5. The Bertz CT molecular complexity index is 351. The summed E-state index contributed by atoms with van der Waals surface area (Å²) in [7, 11) is 0. The predicted molar refractivity (Wildman–Crippen MR) is 64.9 cm³/mol. The topological polar surface area (TPSA) is 38.3 Å². The number of hydrogen-bond donors (Lipinski definition) is 1. The van der Waals surface area contributed by atoms with Crippen molar-refractivity contribution in [3.05, 3.63) is 24.0 Å². The largest absolute Gasteiger partial charge is 0.428 e. The van der Waals surface area contributed by atoms with E-state index in [1.807, 2.05) is 6.08 Å². The van der Waals surface area contributed by atoms with Gasteiger partial charge in [0.2, 0.25) is 0 Å². The van der Waals surface area contributed by atoms with Crippen molar-refractivity contribution < 1.29 is 9.53 Å². The third-order valence-corrected chi connectivity index (χ3v) is 2.37. The van der Waals surface area contributed by atoms with Crippen molar-refractivity contribution in [1.82, 2.24) is 5.32 Å². The molecule has 0 saturated carbocycles. The maximum Gasteiger partial charge on any atom is 0.338 e. The molecule has 0 bridgehead atoms. The van der Waals surface area contributed by atoms with E-state index in [0.717, 1.165) is 5.76 Å². The molecule has 0 aromatic carbocycles. The third-order valence-electron chi connectivity index (χ3n) is 2.37. The zero-order valence-electron chi connectivity index (χ0n) is 10.8. The fourth-order valence-corrected chi connectivity index (χ4v) is 2.11. The number of hydrogen-bond acceptors (Lipinski definition) is 3. The van der Waals surface area contributed by atoms with Crippen molar-refractivity contribution in [2.24, 2.45) is 0 Å². The molecule has 1 rings (SSSR count). The number of esters is 1. The van der Waals surface area contributed by atoms with Gasteiger partial charge in [0, 0.05) is 23.1 Å². The van der Waals surface area contributed by atoms with Gasteiger partial charge in [-0.05, 0) is 40.7 Å². The van der Waals surface area contributed by atoms with E-state index in [-0.39, 0.29) is 17.0 Å². The Balaban J connectivity index is 2.84. The van der Waals surface area contributed by atoms with E-state index in [9.17, 15) is 4.79 Å². The summed E-state index contributed by atoms with van der Waals surface area (Å²) in [6.45, 7) is 13.5. The van der Waals surface area contributed by atoms with Gasteiger partial charge in [0.15, 0.2) is 0 Å². The van der Waals surface area contributed by atoms with Crippen LogP contribution in [0.1, 0.15) is 41.0 Å². The molecule has 1 N–H and O–H groups in total. The minimum Gasteiger partial charge on any atom is -0.428 e. The zero-order valence-corrected chi connectivity index (χ0v) is 10.8. The number of ether oxygens (including phenoxy) is 1. The molecule has 0 aromatic rings. The van der Waals surface area contributed by atoms with Crippen molar-refractivity contribution in [2.75, 3.05) is 0 Å². The molecular formula is C13H21NO2. The Morgan fingerprint density at radius 2 is 2.00 bits per heavy atom. The van der Waals surface area contributed by atoms with Crippen LogP contribution in [0.4, 0.5) is 0 Å². The minimum absolute atomic E-state index is 0.0665. The first-order valence-electron chi connectivity index (χ1n) is 5.50. The second-order valence-electron chi connectivity index (χ2n) is 5.69. The Kier molecular flexibility index (Phi) is 3.29. The number of nitrogens with one attached hydrogen (secondary N) is 1. The Morgan fingerprint density at radius 1 is 1.44 bits per heavy atom. The molecule has 1 aliphatic heterocycles. The van der Waals surface area contributed by atoms with E-state index in [4.69, 9.17) is 4.74 Å². The van der Waals surface area contributed by atoms with Crippen molar-refractivity contribution in [2.45, 2.75) is 52.1 Å². The number of carbonyl (C=O) groups excluding carboxylic acids is 1. The summed E-state index contributed by atoms with van der Waals surface area (Å²) in [5.41, 5.74) is 0.199. The lowest BCUT2D eigenvalue weighted by atomic mass is 9.87. The number of rotatable bonds is 2. The lowest BCUT2D eigenvalue weighted by molar-refractivity contribution is -0.135. The minimum atomic E-state index is -0.347. The van der Waals surface area contributed by atoms with Crippen LogP contribution < -0.4 is 5.32 Å². The molecule has 0 unspecified atom stereocenters. The van der Waals surface area contributed by atoms with Gasteiger partial charge in [-0.2, -0.15) is 0 Å². The van der Waals surface area contributed by atoms with Crippen molar-refractivity contribution in [1.29, 1.82) is 0 Å². The highest BCUT2D eigenvalue weighted by Crippen LogP contribution is 2.28. The normalized spacial score (nSPS) is 22.2. The zero-order chi connectivity index (χ0) is 12.6. The SMILES string of the molecule is C=C(C)C(=O)OC1=CC(C)(C)NC(C)(C)C1. The first-order chi connectivity index (χ1) is 7.11. The van der Waals surface area contributed by atoms with Gasteiger partial charge in [-0.25, -0.2) is 4.79 Å². The smallest absolute Gasteiger partial charge is 0.338 e. The molecule has 0 atom stereocenters. The van der Waals surface area contributed by atoms with Crippen LogP contribution in [0.25, 0.3) is 0 Å². The summed E-state index contributed by atoms with van der Waals surface area (Å²) >= 11 is 0. The average Bonchev–Trinajstić information content (AvgIpc) is 1.96. The summed E-state index contributed by atoms with van der Waals surface area (Å²) in [6.07, 6.45) is 2.66. The molecule has 3 nitrogen and oxygen atoms in total. The first-order valence-corrected chi connectivity index (χ1v) is 5.50. The van der Waals surface area contributed by atoms with E-state index in [1.54, 1.807) is 6.92 Å². The molecular weight excluding hydrogens is 202 g/mol. The molecule has 0 fully saturated rings. The maximum atomic E-state index is 11.5. The highest BCUT2D eigenvalue weighted by Gasteiger charge is 2.33. The monoisotopic (exact) mass is 223 g/mol. The van der Waals surface area contributed by atoms with Crippen molar-refractivity contribution >= 4 is 5.97 Å². The molecule has 1 aliphatic rings. The van der Waals surface area contributed by atoms with Crippen LogP contribution in [0, 0.1) is 0 Å². The summed E-state index contributed by atoms with van der Waals surface area (Å²) < 4.78 is 5.31. The van der Waals surface area contributed by atoms with Crippen LogP contribution in [0.15, 0.2) is 24.0 Å². The standard InChI is InChI=1S/C13H21NO2/c1-9(2)11(15)16-10-7-12(3,4)14-13(5,6)8-10/h7,14H,1,8H2,2-6H3. The van der Waals surface area contributed by atoms with Gasteiger partial charge in [0.05, 0.1) is 0 Å². The van der Waals surface area contributed by atoms with E-state index in [2.05, 4.69) is 39.6 Å². The van der Waals surface area contributed by atoms with Crippen LogP contribution in [0.5, 0.6) is 0 Å². The van der Waals surface area contributed by atoms with Gasteiger partial charge in [-0.1, -0.05) is 6.58 Å². The second kappa shape index (κ2) is 4.06. The van der Waals surface area contributed by atoms with Crippen LogP contribution in [-0.4, -0.2) is 17.0 Å². The highest BCUT2D eigenvalue weighted by molar-refractivity contribution is 5.87. The Labute approximate surface area is 97.6 Å². The molecule has 0 aromatic heterocycles. The predicted octanol–water partition coefficient (Wildman–Crippen LogP) is 2.54. The van der Waals surface area contributed by atoms with Gasteiger partial charge < -0.3 is 10.1 Å². The van der Waals surface area contributed by atoms with E-state index in [0.29, 0.717) is 12.0 Å². The third kappa shape index (κ3) is 3.49. The van der Waals surface area contributed by atoms with E-state index < -0.39 is 0 Å². The van der Waals surface area contributed by atoms with Crippen LogP contribution >= 0.6 is 0 Å². The van der Waals surface area contributed by atoms with E-state index in [1.165, 1.54) is 0 Å². The number of carbonyl (C=O) groups is 1. The molecule has 0 aliphatic carbocycles. The molecule has 0 amide bonds. The van der Waals surface area contributed by atoms with Crippen LogP contribution in [0.2, 0.25) is 0 Å². The summed E-state index contributed by atoms with van der Waals surface area (Å²) in [4.78, 5) is 11.5. The second-order valence-corrected chi connectivity index (χ2v) is 5.69. The summed E-state index contributed by atoms with van der Waals surface area (Å²) in [5.74, 6) is 0.376. The Hall–Kier alpha value is -1.09. The summed E-state index contributed by atoms with van der Waals surface area (Å²) in [5, 5.41) is 3.47. The van der Waals surface area contributed by atoms with Gasteiger partial charge in [0.25, 0.3) is 0 Å². The van der Waals surface area contributed by atoms with Gasteiger partial charge in [-0.3, -0.25) is 0 Å². The van der Waals surface area contributed by atoms with E-state index >= 15 is 0 Å². The molecule has 16 heavy (non-hydrogen) atoms. The fourth-order valence-electron chi connectivity index (χ4n) is 2.11.